The second kappa shape index (κ2) is 8.87. The Bertz CT molecular complexity index is 563. The number of halogens is 2. The molecule has 0 aliphatic carbocycles. The Hall–Kier alpha value is -0.230. The van der Waals surface area contributed by atoms with Gasteiger partial charge < -0.3 is 21.3 Å². The molecule has 28 heavy (non-hydrogen) atoms. The molecule has 0 aromatic rings. The smallest absolute Gasteiger partial charge is 0.229 e. The summed E-state index contributed by atoms with van der Waals surface area (Å²) in [5.41, 5.74) is 9.44. The zero-order valence-electron chi connectivity index (χ0n) is 16.3. The lowest BCUT2D eigenvalue weighted by atomic mass is 9.95. The van der Waals surface area contributed by atoms with E-state index in [4.69, 9.17) is 28.9 Å². The molecule has 11 heteroatoms. The molecule has 4 saturated heterocycles. The van der Waals surface area contributed by atoms with Gasteiger partial charge in [-0.15, -0.1) is 23.2 Å². The van der Waals surface area contributed by atoms with E-state index in [9.17, 15) is 4.79 Å². The fraction of sp³-hybridized carbons (Fsp3) is 0.941. The maximum atomic E-state index is 13.2. The maximum absolute atomic E-state index is 13.2. The van der Waals surface area contributed by atoms with Crippen molar-refractivity contribution in [2.75, 3.05) is 59.4 Å². The predicted molar refractivity (Wildman–Crippen MR) is 110 cm³/mol. The largest absolute Gasteiger partial charge is 0.350 e. The highest BCUT2D eigenvalue weighted by molar-refractivity contribution is 6.21. The van der Waals surface area contributed by atoms with Crippen LogP contribution in [0.1, 0.15) is 0 Å². The summed E-state index contributed by atoms with van der Waals surface area (Å²) in [6, 6.07) is 0.0755. The molecule has 6 N–H and O–H groups in total. The first-order valence-corrected chi connectivity index (χ1v) is 11.0. The third-order valence-corrected chi connectivity index (χ3v) is 7.10. The fourth-order valence-electron chi connectivity index (χ4n) is 4.87. The van der Waals surface area contributed by atoms with E-state index < -0.39 is 6.17 Å². The Labute approximate surface area is 176 Å². The second-order valence-electron chi connectivity index (χ2n) is 8.40. The lowest BCUT2D eigenvalue weighted by Gasteiger charge is -2.46. The van der Waals surface area contributed by atoms with Crippen LogP contribution in [-0.2, 0) is 4.79 Å². The molecule has 4 rings (SSSR count). The quantitative estimate of drug-likeness (QED) is 0.312. The lowest BCUT2D eigenvalue weighted by molar-refractivity contribution is -0.128. The molecular weight excluding hydrogens is 403 g/mol. The molecular formula is C17H32Cl2N8O. The number of hydrogen-bond acceptors (Lipinski definition) is 8. The van der Waals surface area contributed by atoms with E-state index >= 15 is 0 Å². The summed E-state index contributed by atoms with van der Waals surface area (Å²) in [5.74, 6) is -0.419. The number of likely N-dealkylation sites (N-methyl/N-ethyl adjacent to an activating group) is 1. The molecule has 0 radical (unpaired) electrons. The minimum Gasteiger partial charge on any atom is -0.350 e. The highest BCUT2D eigenvalue weighted by Crippen LogP contribution is 2.24. The van der Waals surface area contributed by atoms with Gasteiger partial charge in [-0.2, -0.15) is 0 Å². The van der Waals surface area contributed by atoms with Crippen molar-refractivity contribution in [3.63, 3.8) is 0 Å². The van der Waals surface area contributed by atoms with Gasteiger partial charge in [-0.1, -0.05) is 0 Å². The molecule has 4 heterocycles. The predicted octanol–water partition coefficient (Wildman–Crippen LogP) is -2.44. The summed E-state index contributed by atoms with van der Waals surface area (Å²) in [6.45, 7) is 6.78. The number of nitrogens with zero attached hydrogens (tertiary/aromatic N) is 3. The highest BCUT2D eigenvalue weighted by Gasteiger charge is 2.48. The van der Waals surface area contributed by atoms with Gasteiger partial charge in [0.1, 0.15) is 0 Å². The number of fused-ring (bicyclic) bond motifs is 1. The Morgan fingerprint density at radius 2 is 1.89 bits per heavy atom. The zero-order chi connectivity index (χ0) is 19.8. The van der Waals surface area contributed by atoms with Crippen molar-refractivity contribution in [1.82, 2.24) is 36.2 Å². The van der Waals surface area contributed by atoms with Gasteiger partial charge in [0.25, 0.3) is 0 Å². The molecule has 0 spiro atoms. The third-order valence-electron chi connectivity index (χ3n) is 6.40. The van der Waals surface area contributed by atoms with Gasteiger partial charge in [0, 0.05) is 58.4 Å². The van der Waals surface area contributed by atoms with Gasteiger partial charge in [0.05, 0.1) is 35.0 Å². The normalized spacial score (nSPS) is 43.6. The summed E-state index contributed by atoms with van der Waals surface area (Å²) in [6.07, 6.45) is -0.583. The standard InChI is InChI=1S/C17H32Cl2N8O/c1-25-2-4-26(5-3-25)14-11(19)7-21-8-12(14)23-17(28)13-15(20)24-27-9-10(18)6-22-16(13)27/h10-16,21-22,24H,2-9,20H2,1H3,(H,23,28). The average molecular weight is 435 g/mol. The van der Waals surface area contributed by atoms with Crippen molar-refractivity contribution in [3.05, 3.63) is 0 Å². The first-order chi connectivity index (χ1) is 13.4. The van der Waals surface area contributed by atoms with Crippen molar-refractivity contribution >= 4 is 29.1 Å². The summed E-state index contributed by atoms with van der Waals surface area (Å²) >= 11 is 12.9. The van der Waals surface area contributed by atoms with Crippen molar-refractivity contribution in [2.24, 2.45) is 11.7 Å². The van der Waals surface area contributed by atoms with E-state index in [1.54, 1.807) is 0 Å². The first kappa shape index (κ1) is 21.0. The molecule has 0 bridgehead atoms. The molecule has 160 valence electrons. The van der Waals surface area contributed by atoms with E-state index in [0.29, 0.717) is 19.6 Å². The van der Waals surface area contributed by atoms with E-state index in [-0.39, 0.29) is 40.8 Å². The van der Waals surface area contributed by atoms with Crippen LogP contribution < -0.4 is 27.1 Å². The lowest BCUT2D eigenvalue weighted by Crippen LogP contribution is -2.68. The van der Waals surface area contributed by atoms with Crippen LogP contribution in [0.3, 0.4) is 0 Å². The summed E-state index contributed by atoms with van der Waals surface area (Å²) in [5, 5.41) is 11.9. The average Bonchev–Trinajstić information content (AvgIpc) is 2.98. The first-order valence-electron chi connectivity index (χ1n) is 10.2. The Kier molecular flexibility index (Phi) is 6.66. The number of carbonyl (C=O) groups is 1. The molecule has 1 amide bonds. The summed E-state index contributed by atoms with van der Waals surface area (Å²) in [4.78, 5) is 18.0. The zero-order valence-corrected chi connectivity index (χ0v) is 17.8. The van der Waals surface area contributed by atoms with Gasteiger partial charge in [0.2, 0.25) is 5.91 Å². The van der Waals surface area contributed by atoms with Gasteiger partial charge in [-0.3, -0.25) is 15.0 Å². The van der Waals surface area contributed by atoms with Crippen molar-refractivity contribution < 1.29 is 4.79 Å². The van der Waals surface area contributed by atoms with E-state index in [1.807, 2.05) is 5.01 Å². The Morgan fingerprint density at radius 1 is 1.14 bits per heavy atom. The SMILES string of the molecule is CN1CCN(C2C(Cl)CNCC2NC(=O)C2C(N)NN3CC(Cl)CNC23)CC1. The van der Waals surface area contributed by atoms with Crippen molar-refractivity contribution in [1.29, 1.82) is 0 Å². The van der Waals surface area contributed by atoms with E-state index in [1.165, 1.54) is 0 Å². The highest BCUT2D eigenvalue weighted by atomic mass is 35.5. The van der Waals surface area contributed by atoms with Gasteiger partial charge in [-0.25, -0.2) is 10.4 Å². The molecule has 4 aliphatic heterocycles. The Balaban J connectivity index is 1.43. The monoisotopic (exact) mass is 434 g/mol. The topological polar surface area (TPSA) is 101 Å². The van der Waals surface area contributed by atoms with Crippen LogP contribution in [0.4, 0.5) is 0 Å². The number of nitrogens with two attached hydrogens (primary N) is 1. The van der Waals surface area contributed by atoms with Gasteiger partial charge in [0.15, 0.2) is 0 Å². The maximum Gasteiger partial charge on any atom is 0.229 e. The van der Waals surface area contributed by atoms with Crippen LogP contribution >= 0.6 is 23.2 Å². The van der Waals surface area contributed by atoms with Crippen LogP contribution in [0.5, 0.6) is 0 Å². The van der Waals surface area contributed by atoms with Crippen LogP contribution in [0.2, 0.25) is 0 Å². The van der Waals surface area contributed by atoms with Crippen LogP contribution in [0.25, 0.3) is 0 Å². The van der Waals surface area contributed by atoms with Gasteiger partial charge in [-0.05, 0) is 7.05 Å². The van der Waals surface area contributed by atoms with Crippen LogP contribution in [0, 0.1) is 5.92 Å². The van der Waals surface area contributed by atoms with Gasteiger partial charge >= 0.3 is 0 Å². The molecule has 4 aliphatic rings. The number of piperazine rings is 1. The molecule has 0 saturated carbocycles. The number of alkyl halides is 2. The molecule has 7 unspecified atom stereocenters. The molecule has 4 fully saturated rings. The molecule has 0 aromatic carbocycles. The summed E-state index contributed by atoms with van der Waals surface area (Å²) < 4.78 is 0. The number of rotatable bonds is 3. The number of hydrazine groups is 1. The van der Waals surface area contributed by atoms with E-state index in [2.05, 4.69) is 38.2 Å². The van der Waals surface area contributed by atoms with Crippen molar-refractivity contribution in [3.8, 4) is 0 Å². The number of carbonyl (C=O) groups excluding carboxylic acids is 1. The number of piperidine rings is 1. The molecule has 0 aromatic heterocycles. The minimum atomic E-state index is -0.440. The van der Waals surface area contributed by atoms with Crippen LogP contribution in [-0.4, -0.2) is 115 Å². The minimum absolute atomic E-state index is 0.000995. The van der Waals surface area contributed by atoms with Crippen LogP contribution in [0.15, 0.2) is 0 Å². The van der Waals surface area contributed by atoms with Crippen molar-refractivity contribution in [2.45, 2.75) is 35.2 Å². The fourth-order valence-corrected chi connectivity index (χ4v) is 5.55. The third kappa shape index (κ3) is 4.28. The number of nitrogens with one attached hydrogen (secondary N) is 4. The molecule has 7 atom stereocenters. The Morgan fingerprint density at radius 3 is 2.64 bits per heavy atom. The number of hydrogen-bond donors (Lipinski definition) is 5. The molecule has 9 nitrogen and oxygen atoms in total. The second-order valence-corrected chi connectivity index (χ2v) is 9.58. The summed E-state index contributed by atoms with van der Waals surface area (Å²) in [7, 11) is 2.14. The number of amides is 1. The van der Waals surface area contributed by atoms with E-state index in [0.717, 1.165) is 32.7 Å².